The topological polar surface area (TPSA) is 125 Å². The summed E-state index contributed by atoms with van der Waals surface area (Å²) < 4.78 is 4.95. The molecule has 0 spiro atoms. The Bertz CT molecular complexity index is 987. The number of nitrogens with one attached hydrogen (secondary N) is 2. The van der Waals surface area contributed by atoms with Gasteiger partial charge >= 0.3 is 12.0 Å². The van der Waals surface area contributed by atoms with Crippen LogP contribution in [0.25, 0.3) is 0 Å². The number of rotatable bonds is 8. The molecule has 9 heteroatoms. The van der Waals surface area contributed by atoms with E-state index in [1.807, 2.05) is 0 Å². The zero-order valence-electron chi connectivity index (χ0n) is 16.3. The van der Waals surface area contributed by atoms with E-state index in [2.05, 4.69) is 10.6 Å². The van der Waals surface area contributed by atoms with Gasteiger partial charge in [0.15, 0.2) is 0 Å². The lowest BCUT2D eigenvalue weighted by Gasteiger charge is -2.12. The lowest BCUT2D eigenvalue weighted by Crippen LogP contribution is -2.31. The minimum atomic E-state index is -1.02. The number of amides is 4. The monoisotopic (exact) mass is 411 g/mol. The Labute approximate surface area is 172 Å². The summed E-state index contributed by atoms with van der Waals surface area (Å²) in [5, 5.41) is 14.2. The number of aromatic carboxylic acids is 1. The Kier molecular flexibility index (Phi) is 6.43. The molecular weight excluding hydrogens is 390 g/mol. The first-order valence-electron chi connectivity index (χ1n) is 9.27. The number of methoxy groups -OCH3 is 1. The van der Waals surface area contributed by atoms with Gasteiger partial charge in [0.25, 0.3) is 11.8 Å². The Balaban J connectivity index is 1.59. The van der Waals surface area contributed by atoms with Crippen LogP contribution < -0.4 is 10.6 Å². The Morgan fingerprint density at radius 1 is 1.03 bits per heavy atom. The molecule has 0 aromatic heterocycles. The molecule has 30 heavy (non-hydrogen) atoms. The summed E-state index contributed by atoms with van der Waals surface area (Å²) in [6, 6.07) is 10.2. The fraction of sp³-hybridized carbons (Fsp3) is 0.238. The molecule has 0 radical (unpaired) electrons. The molecule has 0 saturated heterocycles. The van der Waals surface area contributed by atoms with Gasteiger partial charge in [-0.1, -0.05) is 12.1 Å². The normalized spacial score (nSPS) is 12.6. The number of carbonyl (C=O) groups excluding carboxylic acids is 3. The molecule has 9 nitrogen and oxygen atoms in total. The number of hydrogen-bond acceptors (Lipinski definition) is 5. The van der Waals surface area contributed by atoms with Gasteiger partial charge in [-0.05, 0) is 42.3 Å². The van der Waals surface area contributed by atoms with Crippen LogP contribution in [0.3, 0.4) is 0 Å². The molecule has 4 amide bonds. The SMILES string of the molecule is COCCCN1C(=O)c2ccc(NC(=O)NCc3ccc(C(=O)O)cc3)cc2C1=O. The molecule has 0 aliphatic carbocycles. The quantitative estimate of drug-likeness (QED) is 0.452. The van der Waals surface area contributed by atoms with Crippen LogP contribution in [-0.4, -0.2) is 54.1 Å². The van der Waals surface area contributed by atoms with Crippen LogP contribution in [0.2, 0.25) is 0 Å². The number of carboxylic acids is 1. The van der Waals surface area contributed by atoms with E-state index >= 15 is 0 Å². The highest BCUT2D eigenvalue weighted by Gasteiger charge is 2.35. The van der Waals surface area contributed by atoms with Crippen molar-refractivity contribution < 1.29 is 29.0 Å². The number of ether oxygens (including phenoxy) is 1. The summed E-state index contributed by atoms with van der Waals surface area (Å²) in [7, 11) is 1.55. The summed E-state index contributed by atoms with van der Waals surface area (Å²) in [5.74, 6) is -1.77. The van der Waals surface area contributed by atoms with Crippen LogP contribution in [0.4, 0.5) is 10.5 Å². The standard InChI is InChI=1S/C21H21N3O6/c1-30-10-2-9-24-18(25)16-8-7-15(11-17(16)19(24)26)23-21(29)22-12-13-3-5-14(6-4-13)20(27)28/h3-8,11H,2,9-10,12H2,1H3,(H,27,28)(H2,22,23,29). The fourth-order valence-electron chi connectivity index (χ4n) is 3.06. The average Bonchev–Trinajstić information content (AvgIpc) is 2.97. The highest BCUT2D eigenvalue weighted by Crippen LogP contribution is 2.26. The lowest BCUT2D eigenvalue weighted by molar-refractivity contribution is 0.0636. The number of nitrogens with zero attached hydrogens (tertiary/aromatic N) is 1. The van der Waals surface area contributed by atoms with Crippen molar-refractivity contribution in [2.24, 2.45) is 0 Å². The number of benzene rings is 2. The number of fused-ring (bicyclic) bond motifs is 1. The summed E-state index contributed by atoms with van der Waals surface area (Å²) in [6.45, 7) is 0.908. The van der Waals surface area contributed by atoms with Gasteiger partial charge in [-0.3, -0.25) is 14.5 Å². The minimum Gasteiger partial charge on any atom is -0.478 e. The van der Waals surface area contributed by atoms with Crippen LogP contribution in [0, 0.1) is 0 Å². The van der Waals surface area contributed by atoms with Crippen LogP contribution in [0.5, 0.6) is 0 Å². The van der Waals surface area contributed by atoms with Gasteiger partial charge in [0.1, 0.15) is 0 Å². The van der Waals surface area contributed by atoms with E-state index in [1.165, 1.54) is 29.2 Å². The fourth-order valence-corrected chi connectivity index (χ4v) is 3.06. The molecule has 156 valence electrons. The van der Waals surface area contributed by atoms with Gasteiger partial charge in [0, 0.05) is 32.5 Å². The largest absolute Gasteiger partial charge is 0.478 e. The van der Waals surface area contributed by atoms with Crippen LogP contribution >= 0.6 is 0 Å². The predicted molar refractivity (Wildman–Crippen MR) is 108 cm³/mol. The van der Waals surface area contributed by atoms with Crippen molar-refractivity contribution in [2.45, 2.75) is 13.0 Å². The number of urea groups is 1. The third-order valence-electron chi connectivity index (χ3n) is 4.61. The molecular formula is C21H21N3O6. The molecule has 3 rings (SSSR count). The summed E-state index contributed by atoms with van der Waals surface area (Å²) in [5.41, 5.74) is 1.84. The Morgan fingerprint density at radius 3 is 2.40 bits per heavy atom. The van der Waals surface area contributed by atoms with E-state index in [-0.39, 0.29) is 30.1 Å². The van der Waals surface area contributed by atoms with E-state index in [4.69, 9.17) is 9.84 Å². The lowest BCUT2D eigenvalue weighted by atomic mass is 10.1. The predicted octanol–water partition coefficient (Wildman–Crippen LogP) is 2.34. The van der Waals surface area contributed by atoms with Gasteiger partial charge in [-0.25, -0.2) is 9.59 Å². The molecule has 0 bridgehead atoms. The highest BCUT2D eigenvalue weighted by atomic mass is 16.5. The molecule has 1 aliphatic heterocycles. The van der Waals surface area contributed by atoms with Crippen molar-refractivity contribution in [1.82, 2.24) is 10.2 Å². The number of carboxylic acid groups (broad SMARTS) is 1. The van der Waals surface area contributed by atoms with Crippen molar-refractivity contribution >= 4 is 29.5 Å². The minimum absolute atomic E-state index is 0.164. The molecule has 2 aromatic carbocycles. The molecule has 0 fully saturated rings. The smallest absolute Gasteiger partial charge is 0.335 e. The zero-order chi connectivity index (χ0) is 21.7. The van der Waals surface area contributed by atoms with Gasteiger partial charge in [-0.15, -0.1) is 0 Å². The highest BCUT2D eigenvalue weighted by molar-refractivity contribution is 6.21. The van der Waals surface area contributed by atoms with Gasteiger partial charge in [0.2, 0.25) is 0 Å². The zero-order valence-corrected chi connectivity index (χ0v) is 16.3. The number of anilines is 1. The number of carbonyl (C=O) groups is 4. The maximum atomic E-state index is 12.5. The molecule has 0 saturated carbocycles. The first-order valence-corrected chi connectivity index (χ1v) is 9.27. The third kappa shape index (κ3) is 4.64. The van der Waals surface area contributed by atoms with Gasteiger partial charge in [-0.2, -0.15) is 0 Å². The van der Waals surface area contributed by atoms with Crippen LogP contribution in [-0.2, 0) is 11.3 Å². The van der Waals surface area contributed by atoms with E-state index in [9.17, 15) is 19.2 Å². The molecule has 2 aromatic rings. The van der Waals surface area contributed by atoms with Crippen LogP contribution in [0.1, 0.15) is 43.1 Å². The summed E-state index contributed by atoms with van der Waals surface area (Å²) in [6.07, 6.45) is 0.545. The maximum absolute atomic E-state index is 12.5. The van der Waals surface area contributed by atoms with Crippen molar-refractivity contribution in [3.63, 3.8) is 0 Å². The van der Waals surface area contributed by atoms with Gasteiger partial charge < -0.3 is 20.5 Å². The van der Waals surface area contributed by atoms with E-state index in [0.29, 0.717) is 24.3 Å². The average molecular weight is 411 g/mol. The van der Waals surface area contributed by atoms with Gasteiger partial charge in [0.05, 0.1) is 16.7 Å². The molecule has 0 unspecified atom stereocenters. The Morgan fingerprint density at radius 2 is 1.73 bits per heavy atom. The van der Waals surface area contributed by atoms with Crippen molar-refractivity contribution in [2.75, 3.05) is 25.6 Å². The third-order valence-corrected chi connectivity index (χ3v) is 4.61. The molecule has 1 heterocycles. The van der Waals surface area contributed by atoms with Crippen molar-refractivity contribution in [1.29, 1.82) is 0 Å². The second-order valence-corrected chi connectivity index (χ2v) is 6.68. The van der Waals surface area contributed by atoms with E-state index in [1.54, 1.807) is 25.3 Å². The second-order valence-electron chi connectivity index (χ2n) is 6.68. The summed E-state index contributed by atoms with van der Waals surface area (Å²) >= 11 is 0. The second kappa shape index (κ2) is 9.19. The Hall–Kier alpha value is -3.72. The van der Waals surface area contributed by atoms with E-state index in [0.717, 1.165) is 5.56 Å². The number of hydrogen-bond donors (Lipinski definition) is 3. The van der Waals surface area contributed by atoms with Crippen molar-refractivity contribution in [3.05, 3.63) is 64.7 Å². The summed E-state index contributed by atoms with van der Waals surface area (Å²) in [4.78, 5) is 49.1. The molecule has 0 atom stereocenters. The van der Waals surface area contributed by atoms with E-state index < -0.39 is 17.9 Å². The van der Waals surface area contributed by atoms with Crippen LogP contribution in [0.15, 0.2) is 42.5 Å². The van der Waals surface area contributed by atoms with Crippen molar-refractivity contribution in [3.8, 4) is 0 Å². The first-order chi connectivity index (χ1) is 14.4. The molecule has 3 N–H and O–H groups in total. The number of imide groups is 1. The maximum Gasteiger partial charge on any atom is 0.335 e. The first kappa shape index (κ1) is 21.0. The molecule has 1 aliphatic rings.